The number of rotatable bonds is 4. The van der Waals surface area contributed by atoms with Crippen LogP contribution in [0.1, 0.15) is 19.4 Å². The first-order valence-corrected chi connectivity index (χ1v) is 8.07. The highest BCUT2D eigenvalue weighted by molar-refractivity contribution is 5.89. The van der Waals surface area contributed by atoms with Crippen molar-refractivity contribution in [2.24, 2.45) is 0 Å². The first kappa shape index (κ1) is 18.0. The van der Waals surface area contributed by atoms with Crippen molar-refractivity contribution in [2.45, 2.75) is 26.1 Å². The van der Waals surface area contributed by atoms with Crippen molar-refractivity contribution in [1.29, 1.82) is 0 Å². The van der Waals surface area contributed by atoms with Gasteiger partial charge in [0.1, 0.15) is 5.75 Å². The van der Waals surface area contributed by atoms with Crippen molar-refractivity contribution in [2.75, 3.05) is 12.4 Å². The summed E-state index contributed by atoms with van der Waals surface area (Å²) in [6.45, 7) is 3.93. The Balaban J connectivity index is 2.19. The molecule has 3 rings (SSSR count). The van der Waals surface area contributed by atoms with Gasteiger partial charge in [-0.3, -0.25) is 0 Å². The van der Waals surface area contributed by atoms with E-state index in [-0.39, 0.29) is 11.6 Å². The predicted molar refractivity (Wildman–Crippen MR) is 95.3 cm³/mol. The highest BCUT2D eigenvalue weighted by Gasteiger charge is 2.34. The largest absolute Gasteiger partial charge is 0.496 e. The Morgan fingerprint density at radius 3 is 2.46 bits per heavy atom. The summed E-state index contributed by atoms with van der Waals surface area (Å²) >= 11 is 0. The molecule has 0 atom stereocenters. The van der Waals surface area contributed by atoms with Crippen LogP contribution >= 0.6 is 0 Å². The van der Waals surface area contributed by atoms with Crippen LogP contribution in [0.15, 0.2) is 42.6 Å². The Labute approximate surface area is 149 Å². The minimum Gasteiger partial charge on any atom is -0.496 e. The first-order valence-electron chi connectivity index (χ1n) is 8.07. The van der Waals surface area contributed by atoms with E-state index in [1.807, 2.05) is 13.8 Å². The summed E-state index contributed by atoms with van der Waals surface area (Å²) in [4.78, 5) is 8.63. The zero-order valence-corrected chi connectivity index (χ0v) is 14.6. The van der Waals surface area contributed by atoms with Crippen molar-refractivity contribution >= 4 is 16.9 Å². The minimum absolute atomic E-state index is 0.0585. The number of alkyl halides is 3. The Kier molecular flexibility index (Phi) is 4.71. The third-order valence-corrected chi connectivity index (χ3v) is 3.84. The maximum Gasteiger partial charge on any atom is 0.417 e. The van der Waals surface area contributed by atoms with E-state index in [0.29, 0.717) is 28.2 Å². The lowest BCUT2D eigenvalue weighted by atomic mass is 9.97. The van der Waals surface area contributed by atoms with E-state index in [4.69, 9.17) is 4.74 Å². The fraction of sp³-hybridized carbons (Fsp3) is 0.263. The van der Waals surface area contributed by atoms with Crippen LogP contribution in [0.25, 0.3) is 22.0 Å². The van der Waals surface area contributed by atoms with Crippen LogP contribution in [0.4, 0.5) is 19.1 Å². The fourth-order valence-electron chi connectivity index (χ4n) is 2.73. The molecule has 0 saturated heterocycles. The van der Waals surface area contributed by atoms with Crippen LogP contribution in [-0.2, 0) is 6.18 Å². The molecule has 1 heterocycles. The summed E-state index contributed by atoms with van der Waals surface area (Å²) in [5.74, 6) is 0.779. The molecular weight excluding hydrogens is 343 g/mol. The van der Waals surface area contributed by atoms with Crippen molar-refractivity contribution in [3.8, 4) is 16.9 Å². The second kappa shape index (κ2) is 6.82. The summed E-state index contributed by atoms with van der Waals surface area (Å²) < 4.78 is 45.5. The number of fused-ring (bicyclic) bond motifs is 1. The molecule has 0 unspecified atom stereocenters. The molecule has 0 radical (unpaired) electrons. The van der Waals surface area contributed by atoms with Gasteiger partial charge in [-0.15, -0.1) is 0 Å². The second-order valence-corrected chi connectivity index (χ2v) is 6.15. The van der Waals surface area contributed by atoms with Crippen molar-refractivity contribution < 1.29 is 17.9 Å². The molecule has 0 aliphatic rings. The molecule has 26 heavy (non-hydrogen) atoms. The van der Waals surface area contributed by atoms with Gasteiger partial charge in [0.15, 0.2) is 0 Å². The Morgan fingerprint density at radius 2 is 1.81 bits per heavy atom. The summed E-state index contributed by atoms with van der Waals surface area (Å²) in [6.07, 6.45) is -2.87. The van der Waals surface area contributed by atoms with Gasteiger partial charge in [-0.2, -0.15) is 13.2 Å². The number of benzene rings is 2. The van der Waals surface area contributed by atoms with E-state index >= 15 is 0 Å². The lowest BCUT2D eigenvalue weighted by Crippen LogP contribution is -2.12. The molecule has 0 amide bonds. The third-order valence-electron chi connectivity index (χ3n) is 3.84. The SMILES string of the molecule is COc1cc2nc(NC(C)C)ncc2cc1-c1ccccc1C(F)(F)F. The molecule has 3 aromatic rings. The summed E-state index contributed by atoms with van der Waals surface area (Å²) in [5, 5.41) is 3.73. The number of nitrogens with one attached hydrogen (secondary N) is 1. The van der Waals surface area contributed by atoms with Crippen LogP contribution in [-0.4, -0.2) is 23.1 Å². The fourth-order valence-corrected chi connectivity index (χ4v) is 2.73. The Bertz CT molecular complexity index is 939. The maximum atomic E-state index is 13.4. The van der Waals surface area contributed by atoms with Gasteiger partial charge < -0.3 is 10.1 Å². The van der Waals surface area contributed by atoms with E-state index in [2.05, 4.69) is 15.3 Å². The average molecular weight is 361 g/mol. The number of methoxy groups -OCH3 is 1. The zero-order chi connectivity index (χ0) is 18.9. The first-order chi connectivity index (χ1) is 12.3. The van der Waals surface area contributed by atoms with Crippen LogP contribution in [0, 0.1) is 0 Å². The van der Waals surface area contributed by atoms with E-state index in [1.165, 1.54) is 19.2 Å². The smallest absolute Gasteiger partial charge is 0.417 e. The molecule has 0 fully saturated rings. The lowest BCUT2D eigenvalue weighted by Gasteiger charge is -2.16. The summed E-state index contributed by atoms with van der Waals surface area (Å²) in [5.41, 5.74) is 0.286. The van der Waals surface area contributed by atoms with Gasteiger partial charge >= 0.3 is 6.18 Å². The molecule has 0 spiro atoms. The molecule has 136 valence electrons. The molecule has 2 aromatic carbocycles. The number of nitrogens with zero attached hydrogens (tertiary/aromatic N) is 2. The summed E-state index contributed by atoms with van der Waals surface area (Å²) in [6, 6.07) is 8.84. The molecule has 7 heteroatoms. The predicted octanol–water partition coefficient (Wildman–Crippen LogP) is 5.14. The molecule has 0 saturated carbocycles. The topological polar surface area (TPSA) is 47.0 Å². The molecule has 0 aliphatic carbocycles. The standard InChI is InChI=1S/C19H18F3N3O/c1-11(2)24-18-23-10-12-8-14(17(26-3)9-16(12)25-18)13-6-4-5-7-15(13)19(20,21)22/h4-11H,1-3H3,(H,23,24,25). The average Bonchev–Trinajstić information content (AvgIpc) is 2.59. The van der Waals surface area contributed by atoms with Gasteiger partial charge in [-0.1, -0.05) is 18.2 Å². The van der Waals surface area contributed by atoms with Gasteiger partial charge in [0, 0.05) is 29.3 Å². The van der Waals surface area contributed by atoms with Gasteiger partial charge in [0.05, 0.1) is 18.2 Å². The van der Waals surface area contributed by atoms with Crippen molar-refractivity contribution in [3.05, 3.63) is 48.2 Å². The van der Waals surface area contributed by atoms with Gasteiger partial charge in [-0.25, -0.2) is 9.97 Å². The van der Waals surface area contributed by atoms with E-state index in [0.717, 1.165) is 6.07 Å². The highest BCUT2D eigenvalue weighted by Crippen LogP contribution is 2.41. The zero-order valence-electron chi connectivity index (χ0n) is 14.6. The quantitative estimate of drug-likeness (QED) is 0.699. The highest BCUT2D eigenvalue weighted by atomic mass is 19.4. The number of hydrogen-bond donors (Lipinski definition) is 1. The van der Waals surface area contributed by atoms with E-state index in [1.54, 1.807) is 24.4 Å². The molecule has 1 aromatic heterocycles. The Hall–Kier alpha value is -2.83. The van der Waals surface area contributed by atoms with Gasteiger partial charge in [0.2, 0.25) is 5.95 Å². The van der Waals surface area contributed by atoms with Gasteiger partial charge in [-0.05, 0) is 31.5 Å². The number of anilines is 1. The number of aromatic nitrogens is 2. The third kappa shape index (κ3) is 3.56. The monoisotopic (exact) mass is 361 g/mol. The molecule has 1 N–H and O–H groups in total. The summed E-state index contributed by atoms with van der Waals surface area (Å²) in [7, 11) is 1.43. The van der Waals surface area contributed by atoms with Gasteiger partial charge in [0.25, 0.3) is 0 Å². The normalized spacial score (nSPS) is 11.8. The van der Waals surface area contributed by atoms with Crippen molar-refractivity contribution in [1.82, 2.24) is 9.97 Å². The molecule has 4 nitrogen and oxygen atoms in total. The van der Waals surface area contributed by atoms with Crippen LogP contribution < -0.4 is 10.1 Å². The minimum atomic E-state index is -4.46. The van der Waals surface area contributed by atoms with Crippen LogP contribution in [0.5, 0.6) is 5.75 Å². The van der Waals surface area contributed by atoms with Crippen molar-refractivity contribution in [3.63, 3.8) is 0 Å². The van der Waals surface area contributed by atoms with Crippen LogP contribution in [0.2, 0.25) is 0 Å². The second-order valence-electron chi connectivity index (χ2n) is 6.15. The maximum absolute atomic E-state index is 13.4. The number of ether oxygens (including phenoxy) is 1. The van der Waals surface area contributed by atoms with E-state index in [9.17, 15) is 13.2 Å². The Morgan fingerprint density at radius 1 is 1.08 bits per heavy atom. The molecule has 0 aliphatic heterocycles. The molecule has 0 bridgehead atoms. The number of hydrogen-bond acceptors (Lipinski definition) is 4. The lowest BCUT2D eigenvalue weighted by molar-refractivity contribution is -0.137. The number of halogens is 3. The van der Waals surface area contributed by atoms with E-state index < -0.39 is 11.7 Å². The van der Waals surface area contributed by atoms with Crippen LogP contribution in [0.3, 0.4) is 0 Å². The molecular formula is C19H18F3N3O.